The smallest absolute Gasteiger partial charge is 0.242 e. The molecule has 1 aliphatic rings. The molecule has 1 fully saturated rings. The average molecular weight is 385 g/mol. The van der Waals surface area contributed by atoms with Gasteiger partial charge in [0, 0.05) is 34.6 Å². The standard InChI is InChI=1S/C19H26Cl2N2O2/c1-3-7-18(24)23(12-15-16(20)10-6-11-17(15)21)13(2)19(25)22-14-8-4-5-9-14/h6,10-11,13-14H,3-5,7-9,12H2,1-2H3,(H,22,25). The third-order valence-corrected chi connectivity index (χ3v) is 5.43. The summed E-state index contributed by atoms with van der Waals surface area (Å²) in [5, 5.41) is 4.08. The van der Waals surface area contributed by atoms with Gasteiger partial charge < -0.3 is 10.2 Å². The highest BCUT2D eigenvalue weighted by Gasteiger charge is 2.28. The second kappa shape index (κ2) is 9.44. The van der Waals surface area contributed by atoms with Crippen LogP contribution in [0.15, 0.2) is 18.2 Å². The lowest BCUT2D eigenvalue weighted by molar-refractivity contribution is -0.140. The fourth-order valence-electron chi connectivity index (χ4n) is 3.19. The first-order chi connectivity index (χ1) is 11.9. The molecule has 1 aromatic carbocycles. The molecule has 0 aromatic heterocycles. The molecule has 25 heavy (non-hydrogen) atoms. The molecule has 4 nitrogen and oxygen atoms in total. The number of hydrogen-bond acceptors (Lipinski definition) is 2. The third kappa shape index (κ3) is 5.35. The number of benzene rings is 1. The molecular formula is C19H26Cl2N2O2. The lowest BCUT2D eigenvalue weighted by Crippen LogP contribution is -2.49. The summed E-state index contributed by atoms with van der Waals surface area (Å²) in [7, 11) is 0. The van der Waals surface area contributed by atoms with Crippen LogP contribution in [0.2, 0.25) is 10.0 Å². The zero-order valence-electron chi connectivity index (χ0n) is 14.9. The second-order valence-corrected chi connectivity index (χ2v) is 7.45. The van der Waals surface area contributed by atoms with Crippen molar-refractivity contribution < 1.29 is 9.59 Å². The van der Waals surface area contributed by atoms with E-state index in [2.05, 4.69) is 5.32 Å². The van der Waals surface area contributed by atoms with Crippen LogP contribution in [0.1, 0.15) is 57.9 Å². The van der Waals surface area contributed by atoms with Gasteiger partial charge >= 0.3 is 0 Å². The van der Waals surface area contributed by atoms with Gasteiger partial charge in [-0.2, -0.15) is 0 Å². The zero-order valence-corrected chi connectivity index (χ0v) is 16.4. The molecule has 1 aliphatic carbocycles. The first-order valence-corrected chi connectivity index (χ1v) is 9.72. The summed E-state index contributed by atoms with van der Waals surface area (Å²) in [6.45, 7) is 3.95. The maximum absolute atomic E-state index is 12.6. The van der Waals surface area contributed by atoms with Gasteiger partial charge in [0.1, 0.15) is 6.04 Å². The van der Waals surface area contributed by atoms with Gasteiger partial charge in [0.25, 0.3) is 0 Å². The molecule has 0 saturated heterocycles. The van der Waals surface area contributed by atoms with Gasteiger partial charge in [-0.1, -0.05) is 49.0 Å². The second-order valence-electron chi connectivity index (χ2n) is 6.64. The van der Waals surface area contributed by atoms with Gasteiger partial charge in [-0.15, -0.1) is 0 Å². The Hall–Kier alpha value is -1.26. The molecule has 0 radical (unpaired) electrons. The topological polar surface area (TPSA) is 49.4 Å². The van der Waals surface area contributed by atoms with Crippen molar-refractivity contribution in [2.75, 3.05) is 0 Å². The first-order valence-electron chi connectivity index (χ1n) is 8.96. The number of amides is 2. The van der Waals surface area contributed by atoms with Crippen molar-refractivity contribution in [2.24, 2.45) is 0 Å². The zero-order chi connectivity index (χ0) is 18.4. The van der Waals surface area contributed by atoms with E-state index in [1.807, 2.05) is 6.92 Å². The number of halogens is 2. The molecule has 0 spiro atoms. The summed E-state index contributed by atoms with van der Waals surface area (Å²) in [6.07, 6.45) is 5.43. The van der Waals surface area contributed by atoms with Crippen LogP contribution in [0.4, 0.5) is 0 Å². The first kappa shape index (κ1) is 20.1. The fraction of sp³-hybridized carbons (Fsp3) is 0.579. The van der Waals surface area contributed by atoms with Crippen molar-refractivity contribution in [1.82, 2.24) is 10.2 Å². The Labute approximate surface area is 159 Å². The highest BCUT2D eigenvalue weighted by atomic mass is 35.5. The van der Waals surface area contributed by atoms with E-state index in [1.54, 1.807) is 30.0 Å². The monoisotopic (exact) mass is 384 g/mol. The molecule has 0 aliphatic heterocycles. The molecule has 2 amide bonds. The molecule has 1 unspecified atom stereocenters. The van der Waals surface area contributed by atoms with Crippen LogP contribution >= 0.6 is 23.2 Å². The SMILES string of the molecule is CCCC(=O)N(Cc1c(Cl)cccc1Cl)C(C)C(=O)NC1CCCC1. The van der Waals surface area contributed by atoms with E-state index in [-0.39, 0.29) is 24.4 Å². The molecule has 6 heteroatoms. The number of nitrogens with one attached hydrogen (secondary N) is 1. The fourth-order valence-corrected chi connectivity index (χ4v) is 3.70. The Morgan fingerprint density at radius 1 is 1.24 bits per heavy atom. The quantitative estimate of drug-likeness (QED) is 0.748. The summed E-state index contributed by atoms with van der Waals surface area (Å²) < 4.78 is 0. The van der Waals surface area contributed by atoms with Crippen molar-refractivity contribution in [2.45, 2.75) is 71.0 Å². The summed E-state index contributed by atoms with van der Waals surface area (Å²) in [5.41, 5.74) is 0.677. The molecule has 1 aromatic rings. The molecule has 0 bridgehead atoms. The number of carbonyl (C=O) groups is 2. The van der Waals surface area contributed by atoms with Gasteiger partial charge in [-0.05, 0) is 38.3 Å². The number of rotatable bonds is 7. The summed E-state index contributed by atoms with van der Waals surface area (Å²) in [5.74, 6) is -0.174. The van der Waals surface area contributed by atoms with Crippen molar-refractivity contribution in [3.05, 3.63) is 33.8 Å². The van der Waals surface area contributed by atoms with Crippen LogP contribution in [0.25, 0.3) is 0 Å². The minimum atomic E-state index is -0.563. The molecule has 138 valence electrons. The largest absolute Gasteiger partial charge is 0.352 e. The van der Waals surface area contributed by atoms with E-state index in [0.717, 1.165) is 32.1 Å². The van der Waals surface area contributed by atoms with Crippen LogP contribution in [0.5, 0.6) is 0 Å². The van der Waals surface area contributed by atoms with Crippen LogP contribution in [0, 0.1) is 0 Å². The molecule has 2 rings (SSSR count). The molecule has 0 heterocycles. The molecule has 1 saturated carbocycles. The summed E-state index contributed by atoms with van der Waals surface area (Å²) in [6, 6.07) is 4.92. The van der Waals surface area contributed by atoms with Crippen LogP contribution in [-0.2, 0) is 16.1 Å². The Morgan fingerprint density at radius 2 is 1.84 bits per heavy atom. The number of carbonyl (C=O) groups excluding carboxylic acids is 2. The van der Waals surface area contributed by atoms with E-state index in [4.69, 9.17) is 23.2 Å². The Balaban J connectivity index is 2.16. The highest BCUT2D eigenvalue weighted by molar-refractivity contribution is 6.36. The highest BCUT2D eigenvalue weighted by Crippen LogP contribution is 2.27. The van der Waals surface area contributed by atoms with Gasteiger partial charge in [-0.25, -0.2) is 0 Å². The molecule has 1 atom stereocenters. The van der Waals surface area contributed by atoms with Crippen LogP contribution in [0.3, 0.4) is 0 Å². The van der Waals surface area contributed by atoms with E-state index in [1.165, 1.54) is 0 Å². The van der Waals surface area contributed by atoms with E-state index in [9.17, 15) is 9.59 Å². The van der Waals surface area contributed by atoms with Gasteiger partial charge in [-0.3, -0.25) is 9.59 Å². The minimum absolute atomic E-state index is 0.0624. The number of nitrogens with zero attached hydrogens (tertiary/aromatic N) is 1. The predicted octanol–water partition coefficient (Wildman–Crippen LogP) is 4.57. The van der Waals surface area contributed by atoms with Crippen LogP contribution in [-0.4, -0.2) is 28.8 Å². The maximum Gasteiger partial charge on any atom is 0.242 e. The molecule has 1 N–H and O–H groups in total. The van der Waals surface area contributed by atoms with Crippen LogP contribution < -0.4 is 5.32 Å². The number of hydrogen-bond donors (Lipinski definition) is 1. The van der Waals surface area contributed by atoms with E-state index in [0.29, 0.717) is 22.0 Å². The van der Waals surface area contributed by atoms with Crippen molar-refractivity contribution in [3.8, 4) is 0 Å². The summed E-state index contributed by atoms with van der Waals surface area (Å²) >= 11 is 12.5. The lowest BCUT2D eigenvalue weighted by atomic mass is 10.1. The van der Waals surface area contributed by atoms with Gasteiger partial charge in [0.15, 0.2) is 0 Å². The van der Waals surface area contributed by atoms with Gasteiger partial charge in [0.05, 0.1) is 0 Å². The minimum Gasteiger partial charge on any atom is -0.352 e. The normalized spacial score (nSPS) is 15.8. The summed E-state index contributed by atoms with van der Waals surface area (Å²) in [4.78, 5) is 26.8. The Bertz CT molecular complexity index is 595. The average Bonchev–Trinajstić information content (AvgIpc) is 3.07. The van der Waals surface area contributed by atoms with E-state index >= 15 is 0 Å². The Kier molecular flexibility index (Phi) is 7.57. The molecular weight excluding hydrogens is 359 g/mol. The Morgan fingerprint density at radius 3 is 2.40 bits per heavy atom. The maximum atomic E-state index is 12.6. The lowest BCUT2D eigenvalue weighted by Gasteiger charge is -2.30. The third-order valence-electron chi connectivity index (χ3n) is 4.72. The predicted molar refractivity (Wildman–Crippen MR) is 102 cm³/mol. The van der Waals surface area contributed by atoms with E-state index < -0.39 is 6.04 Å². The van der Waals surface area contributed by atoms with Crippen molar-refractivity contribution in [1.29, 1.82) is 0 Å². The van der Waals surface area contributed by atoms with Crippen molar-refractivity contribution >= 4 is 35.0 Å². The van der Waals surface area contributed by atoms with Crippen molar-refractivity contribution in [3.63, 3.8) is 0 Å². The van der Waals surface area contributed by atoms with Gasteiger partial charge in [0.2, 0.25) is 11.8 Å².